The number of hydrogen-bond donors (Lipinski definition) is 1. The minimum absolute atomic E-state index is 0.00559. The van der Waals surface area contributed by atoms with Gasteiger partial charge >= 0.3 is 17.9 Å². The molecule has 1 N–H and O–H groups in total. The summed E-state index contributed by atoms with van der Waals surface area (Å²) >= 11 is 0. The van der Waals surface area contributed by atoms with E-state index in [0.29, 0.717) is 34.5 Å². The number of carbonyl (C=O) groups is 2. The SMILES string of the molecule is CCn1c(C(O)(c2ccccc2)c2ccccc2)nc2ccc(C(OC(C)=O)C(F)(F)COC(C)=O)cc21. The predicted octanol–water partition coefficient (Wildman–Crippen LogP) is 5.14. The van der Waals surface area contributed by atoms with Crippen LogP contribution in [0.5, 0.6) is 0 Å². The lowest BCUT2D eigenvalue weighted by molar-refractivity contribution is -0.189. The summed E-state index contributed by atoms with van der Waals surface area (Å²) in [5, 5.41) is 12.3. The van der Waals surface area contributed by atoms with E-state index in [2.05, 4.69) is 4.74 Å². The summed E-state index contributed by atoms with van der Waals surface area (Å²) < 4.78 is 41.5. The van der Waals surface area contributed by atoms with Crippen molar-refractivity contribution < 1.29 is 33.0 Å². The highest BCUT2D eigenvalue weighted by atomic mass is 19.3. The summed E-state index contributed by atoms with van der Waals surface area (Å²) in [5.74, 6) is -5.18. The first kappa shape index (κ1) is 26.9. The number of rotatable bonds is 9. The van der Waals surface area contributed by atoms with Crippen molar-refractivity contribution in [2.45, 2.75) is 44.9 Å². The molecule has 1 atom stereocenters. The van der Waals surface area contributed by atoms with E-state index in [0.717, 1.165) is 13.8 Å². The highest BCUT2D eigenvalue weighted by Crippen LogP contribution is 2.40. The van der Waals surface area contributed by atoms with E-state index < -0.39 is 36.2 Å². The predicted molar refractivity (Wildman–Crippen MR) is 136 cm³/mol. The van der Waals surface area contributed by atoms with Crippen molar-refractivity contribution in [2.24, 2.45) is 0 Å². The van der Waals surface area contributed by atoms with Crippen molar-refractivity contribution in [1.82, 2.24) is 9.55 Å². The Kier molecular flexibility index (Phi) is 7.59. The van der Waals surface area contributed by atoms with Gasteiger partial charge in [0.15, 0.2) is 24.1 Å². The first-order chi connectivity index (χ1) is 18.1. The number of fused-ring (bicyclic) bond motifs is 1. The standard InChI is InChI=1S/C29H28F2N2O5/c1-4-33-25-17-21(26(38-20(3)35)28(30,31)18-37-19(2)34)15-16-24(25)32-27(33)29(36,22-11-7-5-8-12-22)23-13-9-6-10-14-23/h5-17,26,36H,4,18H2,1-3H3. The summed E-state index contributed by atoms with van der Waals surface area (Å²) in [6.07, 6.45) is -2.01. The molecule has 0 aliphatic rings. The molecule has 0 fully saturated rings. The van der Waals surface area contributed by atoms with E-state index in [-0.39, 0.29) is 5.56 Å². The van der Waals surface area contributed by atoms with Crippen LogP contribution in [0.25, 0.3) is 11.0 Å². The number of hydrogen-bond acceptors (Lipinski definition) is 6. The summed E-state index contributed by atoms with van der Waals surface area (Å²) in [4.78, 5) is 27.6. The second-order valence-corrected chi connectivity index (χ2v) is 8.90. The van der Waals surface area contributed by atoms with E-state index in [1.807, 2.05) is 43.3 Å². The van der Waals surface area contributed by atoms with Gasteiger partial charge in [-0.15, -0.1) is 0 Å². The summed E-state index contributed by atoms with van der Waals surface area (Å²) in [5.41, 5.74) is 0.441. The summed E-state index contributed by atoms with van der Waals surface area (Å²) in [6.45, 7) is 3.01. The van der Waals surface area contributed by atoms with Gasteiger partial charge in [0.1, 0.15) is 0 Å². The van der Waals surface area contributed by atoms with Crippen molar-refractivity contribution in [3.05, 3.63) is 101 Å². The number of aryl methyl sites for hydroxylation is 1. The van der Waals surface area contributed by atoms with Crippen LogP contribution in [0, 0.1) is 0 Å². The smallest absolute Gasteiger partial charge is 0.321 e. The molecule has 0 aliphatic carbocycles. The van der Waals surface area contributed by atoms with Gasteiger partial charge in [0, 0.05) is 26.0 Å². The third-order valence-electron chi connectivity index (χ3n) is 6.23. The van der Waals surface area contributed by atoms with Crippen molar-refractivity contribution in [1.29, 1.82) is 0 Å². The molecule has 4 aromatic rings. The average Bonchev–Trinajstić information content (AvgIpc) is 3.29. The molecular formula is C29H28F2N2O5. The number of esters is 2. The topological polar surface area (TPSA) is 90.7 Å². The Hall–Kier alpha value is -4.11. The zero-order valence-corrected chi connectivity index (χ0v) is 21.2. The van der Waals surface area contributed by atoms with E-state index in [9.17, 15) is 14.7 Å². The van der Waals surface area contributed by atoms with Crippen LogP contribution < -0.4 is 0 Å². The van der Waals surface area contributed by atoms with Gasteiger partial charge in [-0.05, 0) is 30.2 Å². The van der Waals surface area contributed by atoms with Gasteiger partial charge in [0.25, 0.3) is 0 Å². The maximum atomic E-state index is 15.1. The molecule has 1 aromatic heterocycles. The van der Waals surface area contributed by atoms with E-state index in [1.54, 1.807) is 28.8 Å². The lowest BCUT2D eigenvalue weighted by Crippen LogP contribution is -2.35. The van der Waals surface area contributed by atoms with Gasteiger partial charge in [-0.2, -0.15) is 8.78 Å². The molecule has 0 radical (unpaired) electrons. The van der Waals surface area contributed by atoms with Crippen LogP contribution in [0.15, 0.2) is 78.9 Å². The molecule has 0 amide bonds. The van der Waals surface area contributed by atoms with Crippen molar-refractivity contribution in [2.75, 3.05) is 6.61 Å². The molecule has 0 bridgehead atoms. The molecule has 3 aromatic carbocycles. The van der Waals surface area contributed by atoms with Crippen LogP contribution in [-0.4, -0.2) is 39.1 Å². The Bertz CT molecular complexity index is 1400. The second-order valence-electron chi connectivity index (χ2n) is 8.90. The van der Waals surface area contributed by atoms with Crippen LogP contribution in [0.2, 0.25) is 0 Å². The number of benzene rings is 3. The van der Waals surface area contributed by atoms with Gasteiger partial charge in [-0.25, -0.2) is 4.98 Å². The van der Waals surface area contributed by atoms with E-state index >= 15 is 8.78 Å². The highest BCUT2D eigenvalue weighted by molar-refractivity contribution is 5.78. The average molecular weight is 523 g/mol. The molecule has 0 aliphatic heterocycles. The lowest BCUT2D eigenvalue weighted by Gasteiger charge is -2.29. The fourth-order valence-electron chi connectivity index (χ4n) is 4.52. The minimum atomic E-state index is -3.69. The molecule has 7 nitrogen and oxygen atoms in total. The molecule has 198 valence electrons. The molecule has 38 heavy (non-hydrogen) atoms. The Balaban J connectivity index is 1.90. The van der Waals surface area contributed by atoms with Crippen LogP contribution >= 0.6 is 0 Å². The second kappa shape index (κ2) is 10.7. The summed E-state index contributed by atoms with van der Waals surface area (Å²) in [7, 11) is 0. The molecule has 0 spiro atoms. The first-order valence-electron chi connectivity index (χ1n) is 12.1. The molecule has 4 rings (SSSR count). The van der Waals surface area contributed by atoms with Gasteiger partial charge in [-0.1, -0.05) is 66.7 Å². The van der Waals surface area contributed by atoms with Gasteiger partial charge in [-0.3, -0.25) is 9.59 Å². The molecule has 9 heteroatoms. The number of ether oxygens (including phenoxy) is 2. The van der Waals surface area contributed by atoms with Crippen LogP contribution in [0.4, 0.5) is 8.78 Å². The molecule has 0 saturated heterocycles. The number of imidazole rings is 1. The first-order valence-corrected chi connectivity index (χ1v) is 12.1. The molecular weight excluding hydrogens is 494 g/mol. The minimum Gasteiger partial charge on any atom is -0.459 e. The van der Waals surface area contributed by atoms with E-state index in [1.165, 1.54) is 18.2 Å². The number of carbonyl (C=O) groups excluding carboxylic acids is 2. The number of aliphatic hydroxyl groups is 1. The van der Waals surface area contributed by atoms with Crippen molar-refractivity contribution in [3.63, 3.8) is 0 Å². The van der Waals surface area contributed by atoms with Gasteiger partial charge in [0.2, 0.25) is 0 Å². The Morgan fingerprint density at radius 1 is 0.947 bits per heavy atom. The highest BCUT2D eigenvalue weighted by Gasteiger charge is 2.45. The van der Waals surface area contributed by atoms with Gasteiger partial charge in [0.05, 0.1) is 11.0 Å². The zero-order valence-electron chi connectivity index (χ0n) is 21.2. The van der Waals surface area contributed by atoms with E-state index in [4.69, 9.17) is 9.72 Å². The Labute approximate surface area is 218 Å². The largest absolute Gasteiger partial charge is 0.459 e. The normalized spacial score (nSPS) is 12.8. The fraction of sp³-hybridized carbons (Fsp3) is 0.276. The molecule has 0 saturated carbocycles. The fourth-order valence-corrected chi connectivity index (χ4v) is 4.52. The Morgan fingerprint density at radius 3 is 2.03 bits per heavy atom. The number of aromatic nitrogens is 2. The Morgan fingerprint density at radius 2 is 1.53 bits per heavy atom. The number of halogens is 2. The van der Waals surface area contributed by atoms with Crippen LogP contribution in [0.1, 0.15) is 49.4 Å². The monoisotopic (exact) mass is 522 g/mol. The number of nitrogens with zero attached hydrogens (tertiary/aromatic N) is 2. The zero-order chi connectivity index (χ0) is 27.5. The number of alkyl halides is 2. The van der Waals surface area contributed by atoms with Crippen molar-refractivity contribution in [3.8, 4) is 0 Å². The van der Waals surface area contributed by atoms with Gasteiger partial charge < -0.3 is 19.1 Å². The third-order valence-corrected chi connectivity index (χ3v) is 6.23. The summed E-state index contributed by atoms with van der Waals surface area (Å²) in [6, 6.07) is 22.5. The molecule has 1 unspecified atom stereocenters. The maximum Gasteiger partial charge on any atom is 0.321 e. The molecule has 1 heterocycles. The quantitative estimate of drug-likeness (QED) is 0.306. The van der Waals surface area contributed by atoms with Crippen LogP contribution in [-0.2, 0) is 31.2 Å². The maximum absolute atomic E-state index is 15.1. The third kappa shape index (κ3) is 5.15. The van der Waals surface area contributed by atoms with Crippen molar-refractivity contribution >= 4 is 23.0 Å². The van der Waals surface area contributed by atoms with Crippen LogP contribution in [0.3, 0.4) is 0 Å². The lowest BCUT2D eigenvalue weighted by atomic mass is 9.85.